The number of halogens is 2. The number of rotatable bonds is 5. The SMILES string of the molecule is C=Nc1c(N2C=C(c3c4ccccc4c(-c4ccc(-c5ccc(F)nc5F)cc4)c4ccccc34)C=CC2)oc2ccccc12. The van der Waals surface area contributed by atoms with Gasteiger partial charge in [0.15, 0.2) is 0 Å². The van der Waals surface area contributed by atoms with Gasteiger partial charge in [-0.3, -0.25) is 4.99 Å². The van der Waals surface area contributed by atoms with Crippen molar-refractivity contribution in [2.75, 3.05) is 11.4 Å². The second-order valence-electron chi connectivity index (χ2n) is 10.9. The zero-order chi connectivity index (χ0) is 30.5. The lowest BCUT2D eigenvalue weighted by molar-refractivity contribution is 0.515. The van der Waals surface area contributed by atoms with Crippen LogP contribution in [0.2, 0.25) is 0 Å². The maximum Gasteiger partial charge on any atom is 0.226 e. The molecule has 0 unspecified atom stereocenters. The lowest BCUT2D eigenvalue weighted by Crippen LogP contribution is -2.18. The van der Waals surface area contributed by atoms with Crippen molar-refractivity contribution in [1.82, 2.24) is 4.98 Å². The summed E-state index contributed by atoms with van der Waals surface area (Å²) in [6, 6.07) is 34.9. The van der Waals surface area contributed by atoms with Crippen molar-refractivity contribution in [3.8, 4) is 22.3 Å². The van der Waals surface area contributed by atoms with E-state index in [2.05, 4.69) is 76.3 Å². The number of hydrogen-bond acceptors (Lipinski definition) is 4. The van der Waals surface area contributed by atoms with Crippen molar-refractivity contribution in [3.05, 3.63) is 145 Å². The molecule has 45 heavy (non-hydrogen) atoms. The van der Waals surface area contributed by atoms with Crippen LogP contribution in [0.4, 0.5) is 20.4 Å². The quantitative estimate of drug-likeness (QED) is 0.114. The third-order valence-electron chi connectivity index (χ3n) is 8.38. The number of aromatic nitrogens is 1. The Kier molecular flexibility index (Phi) is 6.34. The van der Waals surface area contributed by atoms with Crippen molar-refractivity contribution < 1.29 is 13.2 Å². The van der Waals surface area contributed by atoms with E-state index in [0.717, 1.165) is 60.5 Å². The first-order chi connectivity index (χ1) is 22.1. The van der Waals surface area contributed by atoms with Crippen LogP contribution in [0.15, 0.2) is 137 Å². The molecule has 2 aromatic heterocycles. The van der Waals surface area contributed by atoms with Crippen LogP contribution < -0.4 is 4.90 Å². The zero-order valence-corrected chi connectivity index (χ0v) is 24.0. The molecule has 0 bridgehead atoms. The minimum atomic E-state index is -0.840. The minimum Gasteiger partial charge on any atom is -0.438 e. The largest absolute Gasteiger partial charge is 0.438 e. The third kappa shape index (κ3) is 4.42. The number of hydrogen-bond donors (Lipinski definition) is 0. The zero-order valence-electron chi connectivity index (χ0n) is 24.0. The highest BCUT2D eigenvalue weighted by molar-refractivity contribution is 6.19. The number of furan rings is 1. The van der Waals surface area contributed by atoms with Gasteiger partial charge in [-0.05, 0) is 80.4 Å². The van der Waals surface area contributed by atoms with Crippen LogP contribution in [0, 0.1) is 11.9 Å². The number of pyridine rings is 1. The van der Waals surface area contributed by atoms with Gasteiger partial charge >= 0.3 is 0 Å². The van der Waals surface area contributed by atoms with Gasteiger partial charge in [-0.2, -0.15) is 13.8 Å². The average molecular weight is 590 g/mol. The van der Waals surface area contributed by atoms with E-state index >= 15 is 0 Å². The maximum atomic E-state index is 14.5. The second kappa shape index (κ2) is 10.7. The molecule has 0 saturated carbocycles. The number of benzene rings is 5. The molecule has 6 heteroatoms. The summed E-state index contributed by atoms with van der Waals surface area (Å²) in [6.45, 7) is 4.46. The molecule has 5 aromatic carbocycles. The van der Waals surface area contributed by atoms with Crippen LogP contribution in [0.1, 0.15) is 5.56 Å². The first-order valence-corrected chi connectivity index (χ1v) is 14.6. The van der Waals surface area contributed by atoms with Gasteiger partial charge in [-0.25, -0.2) is 0 Å². The average Bonchev–Trinajstić information content (AvgIpc) is 3.46. The molecule has 0 amide bonds. The Morgan fingerprint density at radius 1 is 0.689 bits per heavy atom. The normalized spacial score (nSPS) is 13.1. The predicted octanol–water partition coefficient (Wildman–Crippen LogP) is 10.5. The summed E-state index contributed by atoms with van der Waals surface area (Å²) in [5.74, 6) is -1.01. The van der Waals surface area contributed by atoms with Gasteiger partial charge in [0.05, 0.1) is 0 Å². The maximum absolute atomic E-state index is 14.5. The number of anilines is 1. The van der Waals surface area contributed by atoms with Crippen LogP contribution in [-0.4, -0.2) is 18.2 Å². The minimum absolute atomic E-state index is 0.257. The van der Waals surface area contributed by atoms with Crippen molar-refractivity contribution in [2.45, 2.75) is 0 Å². The Morgan fingerprint density at radius 3 is 1.93 bits per heavy atom. The molecule has 0 radical (unpaired) electrons. The molecule has 4 nitrogen and oxygen atoms in total. The van der Waals surface area contributed by atoms with E-state index < -0.39 is 11.9 Å². The van der Waals surface area contributed by atoms with Gasteiger partial charge in [-0.15, -0.1) is 0 Å². The van der Waals surface area contributed by atoms with E-state index in [9.17, 15) is 8.78 Å². The molecular weight excluding hydrogens is 564 g/mol. The predicted molar refractivity (Wildman–Crippen MR) is 180 cm³/mol. The van der Waals surface area contributed by atoms with Crippen LogP contribution in [-0.2, 0) is 0 Å². The van der Waals surface area contributed by atoms with Crippen molar-refractivity contribution in [2.24, 2.45) is 4.99 Å². The molecule has 0 N–H and O–H groups in total. The molecule has 7 aromatic rings. The molecule has 1 aliphatic rings. The fraction of sp³-hybridized carbons (Fsp3) is 0.0256. The number of aliphatic imine (C=N–C) groups is 1. The molecule has 8 rings (SSSR count). The van der Waals surface area contributed by atoms with Crippen molar-refractivity contribution >= 4 is 56.4 Å². The number of fused-ring (bicyclic) bond motifs is 3. The summed E-state index contributed by atoms with van der Waals surface area (Å²) in [7, 11) is 0. The third-order valence-corrected chi connectivity index (χ3v) is 8.38. The summed E-state index contributed by atoms with van der Waals surface area (Å²) < 4.78 is 34.2. The van der Waals surface area contributed by atoms with Gasteiger partial charge in [-0.1, -0.05) is 97.1 Å². The smallest absolute Gasteiger partial charge is 0.226 e. The topological polar surface area (TPSA) is 41.6 Å². The number of nitrogens with zero attached hydrogens (tertiary/aromatic N) is 3. The number of allylic oxidation sites excluding steroid dienone is 2. The summed E-state index contributed by atoms with van der Waals surface area (Å²) in [6.07, 6.45) is 6.42. The second-order valence-corrected chi connectivity index (χ2v) is 10.9. The Bertz CT molecular complexity index is 2290. The fourth-order valence-electron chi connectivity index (χ4n) is 6.41. The van der Waals surface area contributed by atoms with E-state index in [0.29, 0.717) is 18.0 Å². The van der Waals surface area contributed by atoms with Crippen molar-refractivity contribution in [1.29, 1.82) is 0 Å². The molecule has 0 spiro atoms. The van der Waals surface area contributed by atoms with E-state index in [1.165, 1.54) is 12.1 Å². The van der Waals surface area contributed by atoms with Gasteiger partial charge < -0.3 is 9.32 Å². The number of para-hydroxylation sites is 1. The Morgan fingerprint density at radius 2 is 1.29 bits per heavy atom. The summed E-state index contributed by atoms with van der Waals surface area (Å²) in [4.78, 5) is 9.76. The van der Waals surface area contributed by atoms with Crippen LogP contribution in [0.3, 0.4) is 0 Å². The molecule has 0 saturated heterocycles. The summed E-state index contributed by atoms with van der Waals surface area (Å²) >= 11 is 0. The molecule has 0 aliphatic carbocycles. The van der Waals surface area contributed by atoms with E-state index in [-0.39, 0.29) is 5.56 Å². The molecule has 3 heterocycles. The molecule has 0 fully saturated rings. The van der Waals surface area contributed by atoms with Crippen LogP contribution in [0.25, 0.3) is 60.3 Å². The Balaban J connectivity index is 1.30. The Labute approximate surface area is 257 Å². The lowest BCUT2D eigenvalue weighted by atomic mass is 9.85. The summed E-state index contributed by atoms with van der Waals surface area (Å²) in [5.41, 5.74) is 6.62. The van der Waals surface area contributed by atoms with Gasteiger partial charge in [0.25, 0.3) is 0 Å². The molecular formula is C39H25F2N3O. The van der Waals surface area contributed by atoms with E-state index in [4.69, 9.17) is 4.42 Å². The lowest BCUT2D eigenvalue weighted by Gasteiger charge is -2.24. The molecule has 216 valence electrons. The highest BCUT2D eigenvalue weighted by atomic mass is 19.1. The van der Waals surface area contributed by atoms with Crippen LogP contribution >= 0.6 is 0 Å². The Hall–Kier alpha value is -5.88. The monoisotopic (exact) mass is 589 g/mol. The first kappa shape index (κ1) is 26.7. The van der Waals surface area contributed by atoms with E-state index in [1.807, 2.05) is 60.7 Å². The van der Waals surface area contributed by atoms with Gasteiger partial charge in [0.1, 0.15) is 11.3 Å². The fourth-order valence-corrected chi connectivity index (χ4v) is 6.41. The van der Waals surface area contributed by atoms with Gasteiger partial charge in [0.2, 0.25) is 17.8 Å². The summed E-state index contributed by atoms with van der Waals surface area (Å²) in [5, 5.41) is 5.33. The van der Waals surface area contributed by atoms with Crippen molar-refractivity contribution in [3.63, 3.8) is 0 Å². The highest BCUT2D eigenvalue weighted by Crippen LogP contribution is 2.45. The van der Waals surface area contributed by atoms with Gasteiger partial charge in [0, 0.05) is 23.7 Å². The standard InChI is InChI=1S/C39H25F2N3O/c1-42-37-32-14-6-7-15-33(32)45-39(37)44-22-8-9-26(23-44)36-30-12-4-2-10-28(30)35(29-11-3-5-13-31(29)36)25-18-16-24(17-19-25)27-20-21-34(40)43-38(27)41/h2-21,23H,1,22H2. The molecule has 1 aliphatic heterocycles. The highest BCUT2D eigenvalue weighted by Gasteiger charge is 2.22. The molecule has 0 atom stereocenters. The first-order valence-electron chi connectivity index (χ1n) is 14.6. The van der Waals surface area contributed by atoms with E-state index in [1.54, 1.807) is 0 Å². The van der Waals surface area contributed by atoms with Crippen LogP contribution in [0.5, 0.6) is 0 Å².